The van der Waals surface area contributed by atoms with Crippen molar-refractivity contribution in [2.45, 2.75) is 77.8 Å². The van der Waals surface area contributed by atoms with Crippen molar-refractivity contribution in [3.8, 4) is 6.07 Å². The van der Waals surface area contributed by atoms with Crippen LogP contribution in [-0.4, -0.2) is 36.1 Å². The SMILES string of the molecule is CCCNC(C)(C#N)CCCCN(CC(C)C)C1CC1. The molecule has 1 unspecified atom stereocenters. The first-order valence-corrected chi connectivity index (χ1v) is 8.41. The molecule has 0 bridgehead atoms. The molecule has 3 heteroatoms. The van der Waals surface area contributed by atoms with Crippen LogP contribution in [0.15, 0.2) is 0 Å². The zero-order valence-electron chi connectivity index (χ0n) is 13.9. The van der Waals surface area contributed by atoms with E-state index in [-0.39, 0.29) is 5.54 Å². The van der Waals surface area contributed by atoms with E-state index in [1.54, 1.807) is 0 Å². The van der Waals surface area contributed by atoms with Crippen LogP contribution in [0.25, 0.3) is 0 Å². The average molecular weight is 279 g/mol. The number of unbranched alkanes of at least 4 members (excludes halogenated alkanes) is 1. The standard InChI is InChI=1S/C17H33N3/c1-5-11-19-17(4,14-18)10-6-7-12-20(13-15(2)3)16-8-9-16/h15-16,19H,5-13H2,1-4H3. The summed E-state index contributed by atoms with van der Waals surface area (Å²) in [7, 11) is 0. The predicted octanol–water partition coefficient (Wildman–Crippen LogP) is 3.56. The molecule has 1 N–H and O–H groups in total. The lowest BCUT2D eigenvalue weighted by atomic mass is 9.96. The van der Waals surface area contributed by atoms with E-state index in [0.717, 1.165) is 37.8 Å². The van der Waals surface area contributed by atoms with E-state index in [2.05, 4.69) is 37.1 Å². The van der Waals surface area contributed by atoms with Crippen LogP contribution < -0.4 is 5.32 Å². The summed E-state index contributed by atoms with van der Waals surface area (Å²) in [4.78, 5) is 2.66. The highest BCUT2D eigenvalue weighted by atomic mass is 15.2. The molecule has 0 aromatic heterocycles. The molecule has 1 fully saturated rings. The van der Waals surface area contributed by atoms with E-state index in [1.807, 2.05) is 6.92 Å². The van der Waals surface area contributed by atoms with Crippen LogP contribution in [0, 0.1) is 17.2 Å². The molecular weight excluding hydrogens is 246 g/mol. The Balaban J connectivity index is 2.23. The molecule has 1 atom stereocenters. The molecule has 0 aromatic rings. The fourth-order valence-electron chi connectivity index (χ4n) is 2.71. The van der Waals surface area contributed by atoms with Gasteiger partial charge in [-0.05, 0) is 64.5 Å². The van der Waals surface area contributed by atoms with Crippen LogP contribution >= 0.6 is 0 Å². The van der Waals surface area contributed by atoms with Crippen LogP contribution in [0.5, 0.6) is 0 Å². The molecule has 1 rings (SSSR count). The summed E-state index contributed by atoms with van der Waals surface area (Å²) in [6.45, 7) is 12.2. The van der Waals surface area contributed by atoms with E-state index in [9.17, 15) is 5.26 Å². The first kappa shape index (κ1) is 17.5. The van der Waals surface area contributed by atoms with Crippen molar-refractivity contribution < 1.29 is 0 Å². The lowest BCUT2D eigenvalue weighted by molar-refractivity contribution is 0.227. The van der Waals surface area contributed by atoms with Crippen molar-refractivity contribution >= 4 is 0 Å². The largest absolute Gasteiger partial charge is 0.300 e. The molecule has 0 heterocycles. The molecule has 0 spiro atoms. The van der Waals surface area contributed by atoms with Crippen LogP contribution in [0.2, 0.25) is 0 Å². The molecular formula is C17H33N3. The Morgan fingerprint density at radius 2 is 2.05 bits per heavy atom. The highest BCUT2D eigenvalue weighted by Gasteiger charge is 2.29. The second-order valence-electron chi connectivity index (χ2n) is 6.95. The number of nitrogens with zero attached hydrogens (tertiary/aromatic N) is 2. The molecule has 1 aliphatic carbocycles. The average Bonchev–Trinajstić information content (AvgIpc) is 3.24. The number of nitrogens with one attached hydrogen (secondary N) is 1. The summed E-state index contributed by atoms with van der Waals surface area (Å²) >= 11 is 0. The maximum absolute atomic E-state index is 9.31. The molecule has 116 valence electrons. The van der Waals surface area contributed by atoms with E-state index in [0.29, 0.717) is 0 Å². The third-order valence-electron chi connectivity index (χ3n) is 4.05. The fraction of sp³-hybridized carbons (Fsp3) is 0.941. The Morgan fingerprint density at radius 3 is 2.55 bits per heavy atom. The van der Waals surface area contributed by atoms with Crippen LogP contribution in [0.3, 0.4) is 0 Å². The first-order valence-electron chi connectivity index (χ1n) is 8.41. The smallest absolute Gasteiger partial charge is 0.103 e. The van der Waals surface area contributed by atoms with Gasteiger partial charge in [0.05, 0.1) is 6.07 Å². The minimum atomic E-state index is -0.335. The van der Waals surface area contributed by atoms with Crippen molar-refractivity contribution in [3.05, 3.63) is 0 Å². The third kappa shape index (κ3) is 6.72. The van der Waals surface area contributed by atoms with Gasteiger partial charge >= 0.3 is 0 Å². The van der Waals surface area contributed by atoms with E-state index < -0.39 is 0 Å². The second kappa shape index (κ2) is 8.64. The van der Waals surface area contributed by atoms with Crippen molar-refractivity contribution in [2.75, 3.05) is 19.6 Å². The third-order valence-corrected chi connectivity index (χ3v) is 4.05. The topological polar surface area (TPSA) is 39.1 Å². The Kier molecular flexibility index (Phi) is 7.55. The highest BCUT2D eigenvalue weighted by molar-refractivity contribution is 5.03. The molecule has 0 amide bonds. The lowest BCUT2D eigenvalue weighted by Crippen LogP contribution is -2.41. The zero-order valence-corrected chi connectivity index (χ0v) is 13.9. The Bertz CT molecular complexity index is 304. The Morgan fingerprint density at radius 1 is 1.35 bits per heavy atom. The quantitative estimate of drug-likeness (QED) is 0.588. The van der Waals surface area contributed by atoms with Gasteiger partial charge in [0.1, 0.15) is 5.54 Å². The monoisotopic (exact) mass is 279 g/mol. The van der Waals surface area contributed by atoms with Crippen molar-refractivity contribution in [2.24, 2.45) is 5.92 Å². The first-order chi connectivity index (χ1) is 9.50. The van der Waals surface area contributed by atoms with Gasteiger partial charge < -0.3 is 4.90 Å². The molecule has 1 aliphatic rings. The van der Waals surface area contributed by atoms with Gasteiger partial charge in [-0.2, -0.15) is 5.26 Å². The van der Waals surface area contributed by atoms with Gasteiger partial charge in [0, 0.05) is 12.6 Å². The molecule has 20 heavy (non-hydrogen) atoms. The molecule has 1 saturated carbocycles. The van der Waals surface area contributed by atoms with Gasteiger partial charge in [-0.25, -0.2) is 0 Å². The molecule has 0 aromatic carbocycles. The van der Waals surface area contributed by atoms with E-state index in [1.165, 1.54) is 32.4 Å². The fourth-order valence-corrected chi connectivity index (χ4v) is 2.71. The number of rotatable bonds is 11. The summed E-state index contributed by atoms with van der Waals surface area (Å²) < 4.78 is 0. The Hall–Kier alpha value is -0.590. The zero-order chi connectivity index (χ0) is 15.0. The predicted molar refractivity (Wildman–Crippen MR) is 85.6 cm³/mol. The van der Waals surface area contributed by atoms with Gasteiger partial charge in [-0.15, -0.1) is 0 Å². The summed E-state index contributed by atoms with van der Waals surface area (Å²) in [5.74, 6) is 0.756. The van der Waals surface area contributed by atoms with Gasteiger partial charge in [-0.3, -0.25) is 5.32 Å². The summed E-state index contributed by atoms with van der Waals surface area (Å²) in [6.07, 6.45) is 7.18. The molecule has 0 radical (unpaired) electrons. The van der Waals surface area contributed by atoms with E-state index >= 15 is 0 Å². The van der Waals surface area contributed by atoms with Crippen LogP contribution in [0.1, 0.15) is 66.2 Å². The number of hydrogen-bond donors (Lipinski definition) is 1. The van der Waals surface area contributed by atoms with Gasteiger partial charge in [-0.1, -0.05) is 20.8 Å². The van der Waals surface area contributed by atoms with Crippen LogP contribution in [-0.2, 0) is 0 Å². The van der Waals surface area contributed by atoms with Crippen molar-refractivity contribution in [3.63, 3.8) is 0 Å². The summed E-state index contributed by atoms with van der Waals surface area (Å²) in [5.41, 5.74) is -0.335. The van der Waals surface area contributed by atoms with Crippen LogP contribution in [0.4, 0.5) is 0 Å². The van der Waals surface area contributed by atoms with Gasteiger partial charge in [0.15, 0.2) is 0 Å². The number of hydrogen-bond acceptors (Lipinski definition) is 3. The van der Waals surface area contributed by atoms with Crippen molar-refractivity contribution in [1.29, 1.82) is 5.26 Å². The van der Waals surface area contributed by atoms with Gasteiger partial charge in [0.25, 0.3) is 0 Å². The number of nitriles is 1. The lowest BCUT2D eigenvalue weighted by Gasteiger charge is -2.26. The molecule has 0 aliphatic heterocycles. The van der Waals surface area contributed by atoms with E-state index in [4.69, 9.17) is 0 Å². The molecule has 0 saturated heterocycles. The minimum Gasteiger partial charge on any atom is -0.300 e. The molecule has 3 nitrogen and oxygen atoms in total. The normalized spacial score (nSPS) is 18.2. The highest BCUT2D eigenvalue weighted by Crippen LogP contribution is 2.28. The maximum atomic E-state index is 9.31. The maximum Gasteiger partial charge on any atom is 0.103 e. The summed E-state index contributed by atoms with van der Waals surface area (Å²) in [6, 6.07) is 3.30. The minimum absolute atomic E-state index is 0.335. The second-order valence-corrected chi connectivity index (χ2v) is 6.95. The van der Waals surface area contributed by atoms with Gasteiger partial charge in [0.2, 0.25) is 0 Å². The summed E-state index contributed by atoms with van der Waals surface area (Å²) in [5, 5.41) is 12.7. The Labute approximate surface area is 125 Å². The van der Waals surface area contributed by atoms with Crippen molar-refractivity contribution in [1.82, 2.24) is 10.2 Å².